The van der Waals surface area contributed by atoms with E-state index in [-0.39, 0.29) is 4.47 Å². The van der Waals surface area contributed by atoms with Gasteiger partial charge >= 0.3 is 12.5 Å². The second kappa shape index (κ2) is 4.96. The number of hydrogen-bond acceptors (Lipinski definition) is 2. The molecule has 0 unspecified atom stereocenters. The zero-order chi connectivity index (χ0) is 14.1. The van der Waals surface area contributed by atoms with E-state index in [1.807, 2.05) is 0 Å². The van der Waals surface area contributed by atoms with Crippen LogP contribution in [0.3, 0.4) is 0 Å². The van der Waals surface area contributed by atoms with Gasteiger partial charge in [-0.1, -0.05) is 15.9 Å². The summed E-state index contributed by atoms with van der Waals surface area (Å²) in [5.41, 5.74) is 4.07. The minimum Gasteiger partial charge on any atom is -0.405 e. The van der Waals surface area contributed by atoms with E-state index in [2.05, 4.69) is 20.7 Å². The minimum atomic E-state index is -5.09. The van der Waals surface area contributed by atoms with Gasteiger partial charge in [0.05, 0.1) is 0 Å². The van der Waals surface area contributed by atoms with Gasteiger partial charge in [-0.3, -0.25) is 0 Å². The molecule has 1 rings (SSSR count). The molecule has 1 atom stereocenters. The van der Waals surface area contributed by atoms with Crippen molar-refractivity contribution in [1.82, 2.24) is 0 Å². The second-order valence-corrected chi connectivity index (χ2v) is 4.16. The molecule has 0 aliphatic carbocycles. The summed E-state index contributed by atoms with van der Waals surface area (Å²) in [5.74, 6) is -0.976. The smallest absolute Gasteiger partial charge is 0.405 e. The minimum absolute atomic E-state index is 0.159. The molecule has 0 heterocycles. The molecule has 0 amide bonds. The highest BCUT2D eigenvalue weighted by atomic mass is 79.9. The molecule has 0 saturated heterocycles. The van der Waals surface area contributed by atoms with Crippen LogP contribution in [0.2, 0.25) is 0 Å². The summed E-state index contributed by atoms with van der Waals surface area (Å²) in [6.07, 6.45) is -9.96. The van der Waals surface area contributed by atoms with Crippen LogP contribution in [0.4, 0.5) is 26.3 Å². The Morgan fingerprint density at radius 1 is 1.11 bits per heavy atom. The number of halogens is 7. The first-order chi connectivity index (χ1) is 8.00. The van der Waals surface area contributed by atoms with Crippen LogP contribution >= 0.6 is 15.9 Å². The molecule has 18 heavy (non-hydrogen) atoms. The summed E-state index contributed by atoms with van der Waals surface area (Å²) in [6, 6.07) is 0.151. The summed E-state index contributed by atoms with van der Waals surface area (Å²) < 4.78 is 76.9. The molecule has 2 N–H and O–H groups in total. The molecule has 0 aromatic heterocycles. The fourth-order valence-electron chi connectivity index (χ4n) is 1.16. The van der Waals surface area contributed by atoms with Crippen molar-refractivity contribution in [2.24, 2.45) is 5.73 Å². The molecule has 102 valence electrons. The van der Waals surface area contributed by atoms with Crippen LogP contribution in [0.15, 0.2) is 22.7 Å². The molecule has 0 spiro atoms. The number of ether oxygens (including phenoxy) is 1. The molecule has 2 nitrogen and oxygen atoms in total. The van der Waals surface area contributed by atoms with Gasteiger partial charge in [0.1, 0.15) is 11.8 Å². The van der Waals surface area contributed by atoms with E-state index in [1.54, 1.807) is 0 Å². The Hall–Kier alpha value is -0.960. The molecular weight excluding hydrogens is 332 g/mol. The molecule has 1 aromatic rings. The first-order valence-corrected chi connectivity index (χ1v) is 5.17. The van der Waals surface area contributed by atoms with E-state index in [1.165, 1.54) is 0 Å². The van der Waals surface area contributed by atoms with Gasteiger partial charge in [0.15, 0.2) is 0 Å². The van der Waals surface area contributed by atoms with Crippen molar-refractivity contribution in [1.29, 1.82) is 0 Å². The van der Waals surface area contributed by atoms with E-state index in [9.17, 15) is 26.3 Å². The Balaban J connectivity index is 3.20. The summed E-state index contributed by atoms with van der Waals surface area (Å²) in [4.78, 5) is 0. The highest BCUT2D eigenvalue weighted by Gasteiger charge is 2.41. The van der Waals surface area contributed by atoms with E-state index in [4.69, 9.17) is 5.73 Å². The summed E-state index contributed by atoms with van der Waals surface area (Å²) in [6.45, 7) is 0. The third kappa shape index (κ3) is 4.05. The highest BCUT2D eigenvalue weighted by Crippen LogP contribution is 2.38. The van der Waals surface area contributed by atoms with Crippen molar-refractivity contribution < 1.29 is 31.1 Å². The zero-order valence-corrected chi connectivity index (χ0v) is 10.0. The van der Waals surface area contributed by atoms with Crippen molar-refractivity contribution in [2.75, 3.05) is 0 Å². The lowest BCUT2D eigenvalue weighted by molar-refractivity contribution is -0.275. The number of rotatable bonds is 2. The van der Waals surface area contributed by atoms with Gasteiger partial charge in [-0.2, -0.15) is 13.2 Å². The standard InChI is InChI=1S/C9H6BrF6NO/c10-4-1-2-6(18-9(14,15)16)5(3-4)7(17)8(11,12)13/h1-3,7H,17H2/t7-/m0/s1. The number of hydrogen-bond donors (Lipinski definition) is 1. The molecule has 0 aliphatic rings. The Labute approximate surface area is 106 Å². The largest absolute Gasteiger partial charge is 0.573 e. The Morgan fingerprint density at radius 3 is 2.11 bits per heavy atom. The fourth-order valence-corrected chi connectivity index (χ4v) is 1.54. The number of alkyl halides is 6. The lowest BCUT2D eigenvalue weighted by Crippen LogP contribution is -2.30. The SMILES string of the molecule is N[C@@H](c1cc(Br)ccc1OC(F)(F)F)C(F)(F)F. The van der Waals surface area contributed by atoms with Gasteiger partial charge in [-0.25, -0.2) is 0 Å². The molecular formula is C9H6BrF6NO. The fraction of sp³-hybridized carbons (Fsp3) is 0.333. The Bertz CT molecular complexity index is 430. The van der Waals surface area contributed by atoms with Crippen molar-refractivity contribution >= 4 is 15.9 Å². The zero-order valence-electron chi connectivity index (χ0n) is 8.44. The van der Waals surface area contributed by atoms with Crippen LogP contribution < -0.4 is 10.5 Å². The van der Waals surface area contributed by atoms with Crippen molar-refractivity contribution in [3.05, 3.63) is 28.2 Å². The predicted molar refractivity (Wildman–Crippen MR) is 53.8 cm³/mol. The summed E-state index contributed by atoms with van der Waals surface area (Å²) in [5, 5.41) is 0. The maximum atomic E-state index is 12.4. The van der Waals surface area contributed by atoms with Crippen molar-refractivity contribution in [3.63, 3.8) is 0 Å². The second-order valence-electron chi connectivity index (χ2n) is 3.25. The van der Waals surface area contributed by atoms with Crippen LogP contribution in [0.5, 0.6) is 5.75 Å². The van der Waals surface area contributed by atoms with Crippen molar-refractivity contribution in [2.45, 2.75) is 18.6 Å². The molecule has 1 aromatic carbocycles. The molecule has 0 aliphatic heterocycles. The third-order valence-corrected chi connectivity index (χ3v) is 2.38. The van der Waals surface area contributed by atoms with Crippen LogP contribution in [-0.2, 0) is 0 Å². The van der Waals surface area contributed by atoms with Gasteiger partial charge < -0.3 is 10.5 Å². The summed E-state index contributed by atoms with van der Waals surface area (Å²) in [7, 11) is 0. The quantitative estimate of drug-likeness (QED) is 0.830. The average Bonchev–Trinajstić information content (AvgIpc) is 2.16. The average molecular weight is 338 g/mol. The Kier molecular flexibility index (Phi) is 4.16. The first-order valence-electron chi connectivity index (χ1n) is 4.38. The summed E-state index contributed by atoms with van der Waals surface area (Å²) >= 11 is 2.85. The van der Waals surface area contributed by atoms with E-state index in [0.29, 0.717) is 0 Å². The maximum Gasteiger partial charge on any atom is 0.573 e. The van der Waals surface area contributed by atoms with Crippen LogP contribution in [0, 0.1) is 0 Å². The van der Waals surface area contributed by atoms with Gasteiger partial charge in [-0.05, 0) is 18.2 Å². The topological polar surface area (TPSA) is 35.2 Å². The number of benzene rings is 1. The van der Waals surface area contributed by atoms with Gasteiger partial charge in [0, 0.05) is 10.0 Å². The molecule has 0 radical (unpaired) electrons. The highest BCUT2D eigenvalue weighted by molar-refractivity contribution is 9.10. The Morgan fingerprint density at radius 2 is 1.67 bits per heavy atom. The normalized spacial score (nSPS) is 14.4. The lowest BCUT2D eigenvalue weighted by Gasteiger charge is -2.20. The van der Waals surface area contributed by atoms with Crippen LogP contribution in [-0.4, -0.2) is 12.5 Å². The van der Waals surface area contributed by atoms with Gasteiger partial charge in [0.2, 0.25) is 0 Å². The monoisotopic (exact) mass is 337 g/mol. The van der Waals surface area contributed by atoms with E-state index < -0.39 is 29.9 Å². The third-order valence-electron chi connectivity index (χ3n) is 1.89. The van der Waals surface area contributed by atoms with Gasteiger partial charge in [0.25, 0.3) is 0 Å². The predicted octanol–water partition coefficient (Wildman–Crippen LogP) is 3.91. The molecule has 0 saturated carbocycles. The molecule has 0 fully saturated rings. The van der Waals surface area contributed by atoms with Crippen molar-refractivity contribution in [3.8, 4) is 5.75 Å². The lowest BCUT2D eigenvalue weighted by atomic mass is 10.1. The maximum absolute atomic E-state index is 12.4. The van der Waals surface area contributed by atoms with Crippen LogP contribution in [0.25, 0.3) is 0 Å². The molecule has 0 bridgehead atoms. The van der Waals surface area contributed by atoms with E-state index >= 15 is 0 Å². The van der Waals surface area contributed by atoms with E-state index in [0.717, 1.165) is 18.2 Å². The molecule has 9 heteroatoms. The van der Waals surface area contributed by atoms with Crippen LogP contribution in [0.1, 0.15) is 11.6 Å². The number of nitrogens with two attached hydrogens (primary N) is 1. The van der Waals surface area contributed by atoms with Gasteiger partial charge in [-0.15, -0.1) is 13.2 Å². The first kappa shape index (κ1) is 15.1.